The van der Waals surface area contributed by atoms with Gasteiger partial charge in [0.2, 0.25) is 10.0 Å². The molecule has 1 atom stereocenters. The highest BCUT2D eigenvalue weighted by Crippen LogP contribution is 2.04. The van der Waals surface area contributed by atoms with Gasteiger partial charge in [-0.3, -0.25) is 0 Å². The van der Waals surface area contributed by atoms with Gasteiger partial charge < -0.3 is 0 Å². The lowest BCUT2D eigenvalue weighted by atomic mass is 10.3. The van der Waals surface area contributed by atoms with Crippen LogP contribution in [0.15, 0.2) is 12.4 Å². The minimum Gasteiger partial charge on any atom is -0.247 e. The van der Waals surface area contributed by atoms with Gasteiger partial charge in [0.1, 0.15) is 5.82 Å². The van der Waals surface area contributed by atoms with Gasteiger partial charge in [0, 0.05) is 18.8 Å². The molecular formula is C9H16N4O2S. The SMILES string of the molecule is CNNS(=O)(=O)C(C)Cc1ncc(C)cn1. The number of hydrogen-bond acceptors (Lipinski definition) is 5. The predicted molar refractivity (Wildman–Crippen MR) is 61.1 cm³/mol. The third-order valence-electron chi connectivity index (χ3n) is 2.08. The molecule has 1 aromatic heterocycles. The molecule has 16 heavy (non-hydrogen) atoms. The number of nitrogens with one attached hydrogen (secondary N) is 2. The van der Waals surface area contributed by atoms with E-state index < -0.39 is 15.3 Å². The fraction of sp³-hybridized carbons (Fsp3) is 0.556. The van der Waals surface area contributed by atoms with E-state index in [9.17, 15) is 8.42 Å². The maximum atomic E-state index is 11.6. The fourth-order valence-corrected chi connectivity index (χ4v) is 1.99. The Morgan fingerprint density at radius 2 is 1.94 bits per heavy atom. The number of nitrogens with zero attached hydrogens (tertiary/aromatic N) is 2. The molecule has 2 N–H and O–H groups in total. The molecule has 0 bridgehead atoms. The molecule has 6 nitrogen and oxygen atoms in total. The average Bonchev–Trinajstić information content (AvgIpc) is 2.21. The van der Waals surface area contributed by atoms with Crippen LogP contribution in [0.1, 0.15) is 18.3 Å². The van der Waals surface area contributed by atoms with Crippen molar-refractivity contribution in [1.82, 2.24) is 20.2 Å². The second-order valence-electron chi connectivity index (χ2n) is 3.59. The second kappa shape index (κ2) is 5.33. The number of sulfonamides is 1. The molecule has 1 rings (SSSR count). The normalized spacial score (nSPS) is 13.7. The number of rotatable bonds is 5. The highest BCUT2D eigenvalue weighted by molar-refractivity contribution is 7.90. The maximum Gasteiger partial charge on any atom is 0.227 e. The molecule has 1 unspecified atom stereocenters. The highest BCUT2D eigenvalue weighted by Gasteiger charge is 2.21. The van der Waals surface area contributed by atoms with Crippen molar-refractivity contribution in [3.8, 4) is 0 Å². The number of hydrogen-bond donors (Lipinski definition) is 2. The second-order valence-corrected chi connectivity index (χ2v) is 5.69. The van der Waals surface area contributed by atoms with E-state index in [2.05, 4.69) is 20.2 Å². The Morgan fingerprint density at radius 3 is 2.44 bits per heavy atom. The lowest BCUT2D eigenvalue weighted by Crippen LogP contribution is -2.40. The van der Waals surface area contributed by atoms with Crippen LogP contribution in [-0.4, -0.2) is 30.7 Å². The Hall–Kier alpha value is -1.05. The summed E-state index contributed by atoms with van der Waals surface area (Å²) in [5, 5.41) is -0.581. The molecule has 0 aromatic carbocycles. The van der Waals surface area contributed by atoms with Crippen LogP contribution in [0.2, 0.25) is 0 Å². The summed E-state index contributed by atoms with van der Waals surface area (Å²) >= 11 is 0. The summed E-state index contributed by atoms with van der Waals surface area (Å²) in [6, 6.07) is 0. The van der Waals surface area contributed by atoms with Crippen molar-refractivity contribution in [3.63, 3.8) is 0 Å². The molecule has 1 aromatic rings. The summed E-state index contributed by atoms with van der Waals surface area (Å²) in [4.78, 5) is 10.4. The first-order chi connectivity index (χ1) is 7.45. The molecule has 0 spiro atoms. The van der Waals surface area contributed by atoms with Crippen LogP contribution >= 0.6 is 0 Å². The number of hydrazine groups is 1. The van der Waals surface area contributed by atoms with Crippen LogP contribution in [0.3, 0.4) is 0 Å². The van der Waals surface area contributed by atoms with E-state index in [1.54, 1.807) is 19.3 Å². The van der Waals surface area contributed by atoms with Gasteiger partial charge in [-0.2, -0.15) is 4.83 Å². The summed E-state index contributed by atoms with van der Waals surface area (Å²) < 4.78 is 23.1. The molecule has 0 fully saturated rings. The Kier molecular flexibility index (Phi) is 4.34. The number of aromatic nitrogens is 2. The standard InChI is InChI=1S/C9H16N4O2S/c1-7-5-11-9(12-6-7)4-8(2)16(14,15)13-10-3/h5-6,8,10,13H,4H2,1-3H3. The molecular weight excluding hydrogens is 228 g/mol. The lowest BCUT2D eigenvalue weighted by molar-refractivity contribution is 0.554. The zero-order valence-corrected chi connectivity index (χ0v) is 10.4. The monoisotopic (exact) mass is 244 g/mol. The first-order valence-electron chi connectivity index (χ1n) is 4.90. The summed E-state index contributed by atoms with van der Waals surface area (Å²) in [5.74, 6) is 0.527. The van der Waals surface area contributed by atoms with Gasteiger partial charge >= 0.3 is 0 Å². The first-order valence-corrected chi connectivity index (χ1v) is 6.45. The smallest absolute Gasteiger partial charge is 0.227 e. The van der Waals surface area contributed by atoms with E-state index in [-0.39, 0.29) is 6.42 Å². The number of aryl methyl sites for hydroxylation is 1. The van der Waals surface area contributed by atoms with Gasteiger partial charge in [-0.05, 0) is 26.5 Å². The molecule has 0 aliphatic carbocycles. The maximum absolute atomic E-state index is 11.6. The van der Waals surface area contributed by atoms with E-state index in [4.69, 9.17) is 0 Å². The predicted octanol–water partition coefficient (Wildman–Crippen LogP) is -0.230. The molecule has 90 valence electrons. The highest BCUT2D eigenvalue weighted by atomic mass is 32.2. The van der Waals surface area contributed by atoms with Crippen LogP contribution in [0.4, 0.5) is 0 Å². The van der Waals surface area contributed by atoms with Crippen molar-refractivity contribution in [2.24, 2.45) is 0 Å². The van der Waals surface area contributed by atoms with E-state index in [0.717, 1.165) is 5.56 Å². The van der Waals surface area contributed by atoms with Gasteiger partial charge in [0.15, 0.2) is 0 Å². The Labute approximate surface area is 95.5 Å². The quantitative estimate of drug-likeness (QED) is 0.699. The first kappa shape index (κ1) is 13.0. The Balaban J connectivity index is 2.71. The molecule has 1 heterocycles. The third kappa shape index (κ3) is 3.51. The minimum absolute atomic E-state index is 0.289. The molecule has 0 aliphatic rings. The van der Waals surface area contributed by atoms with Gasteiger partial charge in [0.05, 0.1) is 5.25 Å². The topological polar surface area (TPSA) is 84.0 Å². The van der Waals surface area contributed by atoms with Crippen molar-refractivity contribution >= 4 is 10.0 Å². The van der Waals surface area contributed by atoms with Crippen LogP contribution in [-0.2, 0) is 16.4 Å². The van der Waals surface area contributed by atoms with E-state index in [1.165, 1.54) is 7.05 Å². The van der Waals surface area contributed by atoms with Crippen LogP contribution < -0.4 is 10.3 Å². The zero-order chi connectivity index (χ0) is 12.2. The van der Waals surface area contributed by atoms with Gasteiger partial charge in [-0.15, -0.1) is 0 Å². The third-order valence-corrected chi connectivity index (χ3v) is 3.79. The molecule has 7 heteroatoms. The fourth-order valence-electron chi connectivity index (χ4n) is 1.13. The van der Waals surface area contributed by atoms with Gasteiger partial charge in [0.25, 0.3) is 0 Å². The minimum atomic E-state index is -3.36. The lowest BCUT2D eigenvalue weighted by Gasteiger charge is -2.12. The average molecular weight is 244 g/mol. The van der Waals surface area contributed by atoms with Crippen LogP contribution in [0.25, 0.3) is 0 Å². The van der Waals surface area contributed by atoms with Crippen molar-refractivity contribution in [2.45, 2.75) is 25.5 Å². The Morgan fingerprint density at radius 1 is 1.38 bits per heavy atom. The van der Waals surface area contributed by atoms with Crippen molar-refractivity contribution in [2.75, 3.05) is 7.05 Å². The molecule has 0 radical (unpaired) electrons. The van der Waals surface area contributed by atoms with E-state index in [1.807, 2.05) is 6.92 Å². The van der Waals surface area contributed by atoms with Crippen LogP contribution in [0, 0.1) is 6.92 Å². The Bertz CT molecular complexity index is 429. The molecule has 0 aliphatic heterocycles. The largest absolute Gasteiger partial charge is 0.247 e. The zero-order valence-electron chi connectivity index (χ0n) is 9.56. The molecule has 0 saturated carbocycles. The van der Waals surface area contributed by atoms with E-state index in [0.29, 0.717) is 5.82 Å². The van der Waals surface area contributed by atoms with Crippen molar-refractivity contribution < 1.29 is 8.42 Å². The van der Waals surface area contributed by atoms with Gasteiger partial charge in [-0.25, -0.2) is 23.8 Å². The van der Waals surface area contributed by atoms with Gasteiger partial charge in [-0.1, -0.05) is 0 Å². The van der Waals surface area contributed by atoms with Crippen molar-refractivity contribution in [1.29, 1.82) is 0 Å². The van der Waals surface area contributed by atoms with E-state index >= 15 is 0 Å². The summed E-state index contributed by atoms with van der Waals surface area (Å²) in [7, 11) is -1.85. The summed E-state index contributed by atoms with van der Waals surface area (Å²) in [6.07, 6.45) is 3.64. The van der Waals surface area contributed by atoms with Crippen LogP contribution in [0.5, 0.6) is 0 Å². The summed E-state index contributed by atoms with van der Waals surface area (Å²) in [5.41, 5.74) is 3.36. The van der Waals surface area contributed by atoms with Crippen molar-refractivity contribution in [3.05, 3.63) is 23.8 Å². The molecule has 0 saturated heterocycles. The summed E-state index contributed by atoms with van der Waals surface area (Å²) in [6.45, 7) is 3.50. The molecule has 0 amide bonds.